The zero-order valence-electron chi connectivity index (χ0n) is 14.5. The standard InChI is InChI=1S/C18H19BrN2O4/c1-8-5-9(2)21-18(23)13(8)7-20-17(22)12-6-14(19)16-15(10(12)3)24-11(4)25-16/h5-6,11H,7H2,1-4H3,(H,20,22)(H,21,23). The average Bonchev–Trinajstić information content (AvgIpc) is 2.92. The maximum atomic E-state index is 12.6. The number of H-pyrrole nitrogens is 1. The number of carbonyl (C=O) groups is 1. The molecular weight excluding hydrogens is 388 g/mol. The van der Waals surface area contributed by atoms with E-state index in [1.165, 1.54) is 0 Å². The van der Waals surface area contributed by atoms with E-state index in [1.807, 2.05) is 26.8 Å². The van der Waals surface area contributed by atoms with Crippen molar-refractivity contribution in [2.75, 3.05) is 0 Å². The molecule has 6 nitrogen and oxygen atoms in total. The van der Waals surface area contributed by atoms with Crippen LogP contribution in [0, 0.1) is 20.8 Å². The fourth-order valence-corrected chi connectivity index (χ4v) is 3.41. The summed E-state index contributed by atoms with van der Waals surface area (Å²) in [5.41, 5.74) is 3.18. The largest absolute Gasteiger partial charge is 0.451 e. The van der Waals surface area contributed by atoms with Gasteiger partial charge in [0.2, 0.25) is 6.29 Å². The number of benzene rings is 1. The zero-order valence-corrected chi connectivity index (χ0v) is 16.0. The molecule has 2 N–H and O–H groups in total. The van der Waals surface area contributed by atoms with Gasteiger partial charge in [0.05, 0.1) is 4.47 Å². The molecule has 1 aromatic carbocycles. The molecule has 0 spiro atoms. The van der Waals surface area contributed by atoms with Gasteiger partial charge in [0.25, 0.3) is 11.5 Å². The van der Waals surface area contributed by atoms with Crippen molar-refractivity contribution in [1.82, 2.24) is 10.3 Å². The number of aromatic nitrogens is 1. The summed E-state index contributed by atoms with van der Waals surface area (Å²) in [6, 6.07) is 3.59. The number of rotatable bonds is 3. The van der Waals surface area contributed by atoms with E-state index in [1.54, 1.807) is 13.0 Å². The lowest BCUT2D eigenvalue weighted by Gasteiger charge is -2.12. The number of amides is 1. The van der Waals surface area contributed by atoms with Crippen molar-refractivity contribution in [3.8, 4) is 11.5 Å². The Morgan fingerprint density at radius 2 is 1.92 bits per heavy atom. The number of aryl methyl sites for hydroxylation is 2. The molecule has 7 heteroatoms. The molecule has 1 unspecified atom stereocenters. The van der Waals surface area contributed by atoms with E-state index >= 15 is 0 Å². The Kier molecular flexibility index (Phi) is 4.60. The monoisotopic (exact) mass is 406 g/mol. The van der Waals surface area contributed by atoms with Crippen LogP contribution in [0.4, 0.5) is 0 Å². The molecule has 0 bridgehead atoms. The summed E-state index contributed by atoms with van der Waals surface area (Å²) in [7, 11) is 0. The van der Waals surface area contributed by atoms with Crippen LogP contribution in [0.5, 0.6) is 11.5 Å². The van der Waals surface area contributed by atoms with E-state index in [4.69, 9.17) is 9.47 Å². The van der Waals surface area contributed by atoms with Gasteiger partial charge in [0, 0.05) is 35.9 Å². The predicted octanol–water partition coefficient (Wildman–Crippen LogP) is 3.11. The van der Waals surface area contributed by atoms with Gasteiger partial charge in [-0.1, -0.05) is 0 Å². The Morgan fingerprint density at radius 3 is 2.60 bits per heavy atom. The summed E-state index contributed by atoms with van der Waals surface area (Å²) in [5, 5.41) is 2.81. The second kappa shape index (κ2) is 6.55. The number of pyridine rings is 1. The molecule has 1 atom stereocenters. The average molecular weight is 407 g/mol. The summed E-state index contributed by atoms with van der Waals surface area (Å²) >= 11 is 3.42. The second-order valence-corrected chi connectivity index (χ2v) is 6.97. The Morgan fingerprint density at radius 1 is 1.24 bits per heavy atom. The quantitative estimate of drug-likeness (QED) is 0.820. The third-order valence-electron chi connectivity index (χ3n) is 4.17. The van der Waals surface area contributed by atoms with E-state index in [0.29, 0.717) is 32.7 Å². The predicted molar refractivity (Wildman–Crippen MR) is 97.3 cm³/mol. The van der Waals surface area contributed by atoms with Gasteiger partial charge in [-0.2, -0.15) is 0 Å². The highest BCUT2D eigenvalue weighted by atomic mass is 79.9. The number of aromatic amines is 1. The third-order valence-corrected chi connectivity index (χ3v) is 4.76. The SMILES string of the molecule is Cc1cc(C)c(CNC(=O)c2cc(Br)c3c(c2C)OC(C)O3)c(=O)[nH]1. The van der Waals surface area contributed by atoms with Gasteiger partial charge in [-0.05, 0) is 54.4 Å². The Hall–Kier alpha value is -2.28. The molecule has 3 rings (SSSR count). The van der Waals surface area contributed by atoms with Crippen molar-refractivity contribution in [3.63, 3.8) is 0 Å². The van der Waals surface area contributed by atoms with Crippen LogP contribution in [0.2, 0.25) is 0 Å². The van der Waals surface area contributed by atoms with Crippen LogP contribution in [-0.2, 0) is 6.54 Å². The first-order valence-electron chi connectivity index (χ1n) is 7.92. The number of hydrogen-bond acceptors (Lipinski definition) is 4. The summed E-state index contributed by atoms with van der Waals surface area (Å²) in [4.78, 5) is 27.4. The maximum absolute atomic E-state index is 12.6. The van der Waals surface area contributed by atoms with Gasteiger partial charge in [-0.15, -0.1) is 0 Å². The molecule has 2 heterocycles. The number of hydrogen-bond donors (Lipinski definition) is 2. The lowest BCUT2D eigenvalue weighted by molar-refractivity contribution is 0.0670. The first kappa shape index (κ1) is 17.5. The van der Waals surface area contributed by atoms with Crippen molar-refractivity contribution in [3.05, 3.63) is 54.9 Å². The van der Waals surface area contributed by atoms with Gasteiger partial charge in [-0.3, -0.25) is 9.59 Å². The highest BCUT2D eigenvalue weighted by Crippen LogP contribution is 2.44. The van der Waals surface area contributed by atoms with Crippen LogP contribution in [-0.4, -0.2) is 17.2 Å². The number of nitrogens with one attached hydrogen (secondary N) is 2. The molecule has 132 valence electrons. The number of halogens is 1. The smallest absolute Gasteiger partial charge is 0.253 e. The molecule has 1 aliphatic heterocycles. The van der Waals surface area contributed by atoms with Crippen LogP contribution < -0.4 is 20.3 Å². The fourth-order valence-electron chi connectivity index (χ4n) is 2.91. The van der Waals surface area contributed by atoms with Crippen LogP contribution in [0.15, 0.2) is 21.4 Å². The highest BCUT2D eigenvalue weighted by molar-refractivity contribution is 9.10. The van der Waals surface area contributed by atoms with E-state index in [-0.39, 0.29) is 18.0 Å². The van der Waals surface area contributed by atoms with Crippen LogP contribution >= 0.6 is 15.9 Å². The highest BCUT2D eigenvalue weighted by Gasteiger charge is 2.28. The molecule has 0 radical (unpaired) electrons. The molecular formula is C18H19BrN2O4. The van der Waals surface area contributed by atoms with Crippen molar-refractivity contribution in [2.45, 2.75) is 40.5 Å². The summed E-state index contributed by atoms with van der Waals surface area (Å²) in [5.74, 6) is 0.896. The lowest BCUT2D eigenvalue weighted by Crippen LogP contribution is -2.28. The second-order valence-electron chi connectivity index (χ2n) is 6.12. The minimum atomic E-state index is -0.392. The van der Waals surface area contributed by atoms with E-state index in [9.17, 15) is 9.59 Å². The first-order chi connectivity index (χ1) is 11.8. The van der Waals surface area contributed by atoms with E-state index in [2.05, 4.69) is 26.2 Å². The van der Waals surface area contributed by atoms with E-state index in [0.717, 1.165) is 11.3 Å². The van der Waals surface area contributed by atoms with Crippen molar-refractivity contribution >= 4 is 21.8 Å². The van der Waals surface area contributed by atoms with Crippen LogP contribution in [0.3, 0.4) is 0 Å². The lowest BCUT2D eigenvalue weighted by atomic mass is 10.1. The Bertz CT molecular complexity index is 920. The minimum absolute atomic E-state index is 0.155. The molecule has 1 amide bonds. The summed E-state index contributed by atoms with van der Waals surface area (Å²) < 4.78 is 11.9. The van der Waals surface area contributed by atoms with Crippen LogP contribution in [0.25, 0.3) is 0 Å². The van der Waals surface area contributed by atoms with Gasteiger partial charge in [-0.25, -0.2) is 0 Å². The van der Waals surface area contributed by atoms with E-state index < -0.39 is 6.29 Å². The van der Waals surface area contributed by atoms with Gasteiger partial charge in [0.1, 0.15) is 0 Å². The summed E-state index contributed by atoms with van der Waals surface area (Å²) in [6.07, 6.45) is -0.392. The van der Waals surface area contributed by atoms with Crippen molar-refractivity contribution in [1.29, 1.82) is 0 Å². The molecule has 0 fully saturated rings. The third kappa shape index (κ3) is 3.28. The molecule has 0 saturated heterocycles. The molecule has 1 aliphatic rings. The normalized spacial score (nSPS) is 15.3. The fraction of sp³-hybridized carbons (Fsp3) is 0.333. The Labute approximate surface area is 153 Å². The number of ether oxygens (including phenoxy) is 2. The zero-order chi connectivity index (χ0) is 18.3. The number of fused-ring (bicyclic) bond motifs is 1. The number of carbonyl (C=O) groups excluding carboxylic acids is 1. The first-order valence-corrected chi connectivity index (χ1v) is 8.71. The molecule has 25 heavy (non-hydrogen) atoms. The van der Waals surface area contributed by atoms with Crippen LogP contribution in [0.1, 0.15) is 39.7 Å². The van der Waals surface area contributed by atoms with Crippen molar-refractivity contribution in [2.24, 2.45) is 0 Å². The molecule has 0 aliphatic carbocycles. The molecule has 0 saturated carbocycles. The van der Waals surface area contributed by atoms with Gasteiger partial charge < -0.3 is 19.8 Å². The van der Waals surface area contributed by atoms with Gasteiger partial charge in [0.15, 0.2) is 11.5 Å². The topological polar surface area (TPSA) is 80.4 Å². The van der Waals surface area contributed by atoms with Gasteiger partial charge >= 0.3 is 0 Å². The minimum Gasteiger partial charge on any atom is -0.451 e. The summed E-state index contributed by atoms with van der Waals surface area (Å²) in [6.45, 7) is 7.44. The van der Waals surface area contributed by atoms with Crippen molar-refractivity contribution < 1.29 is 14.3 Å². The maximum Gasteiger partial charge on any atom is 0.253 e. The Balaban J connectivity index is 1.85. The molecule has 2 aromatic rings. The molecule has 1 aromatic heterocycles.